The Labute approximate surface area is 135 Å². The first-order valence-electron chi connectivity index (χ1n) is 7.67. The number of hydrogen-bond donors (Lipinski definition) is 1. The average Bonchev–Trinajstić information content (AvgIpc) is 2.63. The van der Waals surface area contributed by atoms with Gasteiger partial charge < -0.3 is 5.32 Å². The topological polar surface area (TPSA) is 24.9 Å². The fourth-order valence-electron chi connectivity index (χ4n) is 2.71. The van der Waals surface area contributed by atoms with E-state index in [9.17, 15) is 0 Å². The van der Waals surface area contributed by atoms with Crippen molar-refractivity contribution >= 4 is 22.4 Å². The van der Waals surface area contributed by atoms with Crippen molar-refractivity contribution in [2.45, 2.75) is 0 Å². The molecule has 0 atom stereocenters. The molecule has 23 heavy (non-hydrogen) atoms. The maximum Gasteiger partial charge on any atom is 0.138 e. The Balaban J connectivity index is 1.89. The van der Waals surface area contributed by atoms with Gasteiger partial charge in [0.25, 0.3) is 0 Å². The summed E-state index contributed by atoms with van der Waals surface area (Å²) < 4.78 is 0. The van der Waals surface area contributed by atoms with E-state index in [-0.39, 0.29) is 0 Å². The summed E-state index contributed by atoms with van der Waals surface area (Å²) in [4.78, 5) is 4.84. The molecule has 4 rings (SSSR count). The molecule has 0 aliphatic rings. The van der Waals surface area contributed by atoms with Crippen LogP contribution in [-0.2, 0) is 0 Å². The van der Waals surface area contributed by atoms with Crippen LogP contribution in [0.5, 0.6) is 0 Å². The van der Waals surface area contributed by atoms with Gasteiger partial charge in [-0.2, -0.15) is 0 Å². The third kappa shape index (κ3) is 2.79. The van der Waals surface area contributed by atoms with E-state index in [0.29, 0.717) is 0 Å². The first-order chi connectivity index (χ1) is 11.4. The maximum absolute atomic E-state index is 4.84. The summed E-state index contributed by atoms with van der Waals surface area (Å²) in [5.74, 6) is 0.876. The molecule has 0 spiro atoms. The van der Waals surface area contributed by atoms with E-state index in [4.69, 9.17) is 4.98 Å². The minimum atomic E-state index is 0.876. The van der Waals surface area contributed by atoms with E-state index >= 15 is 0 Å². The van der Waals surface area contributed by atoms with Crippen LogP contribution < -0.4 is 5.32 Å². The predicted octanol–water partition coefficient (Wildman–Crippen LogP) is 5.65. The van der Waals surface area contributed by atoms with Crippen LogP contribution in [0.25, 0.3) is 22.0 Å². The maximum atomic E-state index is 4.84. The van der Waals surface area contributed by atoms with Gasteiger partial charge in [0, 0.05) is 16.6 Å². The average molecular weight is 296 g/mol. The second-order valence-corrected chi connectivity index (χ2v) is 5.43. The van der Waals surface area contributed by atoms with E-state index in [0.717, 1.165) is 33.5 Å². The van der Waals surface area contributed by atoms with Crippen molar-refractivity contribution in [2.24, 2.45) is 0 Å². The minimum Gasteiger partial charge on any atom is -0.340 e. The SMILES string of the molecule is c1ccc(Nc2nc3ccccc3cc2-c2ccccc2)cc1. The summed E-state index contributed by atoms with van der Waals surface area (Å²) in [6, 6.07) is 30.9. The van der Waals surface area contributed by atoms with Gasteiger partial charge in [-0.1, -0.05) is 66.7 Å². The molecule has 0 aliphatic heterocycles. The zero-order valence-corrected chi connectivity index (χ0v) is 12.6. The normalized spacial score (nSPS) is 10.6. The number of pyridine rings is 1. The predicted molar refractivity (Wildman–Crippen MR) is 96.9 cm³/mol. The lowest BCUT2D eigenvalue weighted by atomic mass is 10.0. The van der Waals surface area contributed by atoms with Crippen molar-refractivity contribution < 1.29 is 0 Å². The van der Waals surface area contributed by atoms with Gasteiger partial charge in [0.1, 0.15) is 5.82 Å². The molecule has 1 N–H and O–H groups in total. The third-order valence-electron chi connectivity index (χ3n) is 3.85. The van der Waals surface area contributed by atoms with Gasteiger partial charge in [-0.3, -0.25) is 0 Å². The van der Waals surface area contributed by atoms with Gasteiger partial charge >= 0.3 is 0 Å². The number of anilines is 2. The number of aromatic nitrogens is 1. The first-order valence-corrected chi connectivity index (χ1v) is 7.67. The number of nitrogens with zero attached hydrogens (tertiary/aromatic N) is 1. The molecule has 0 radical (unpaired) electrons. The number of para-hydroxylation sites is 2. The molecule has 110 valence electrons. The zero-order valence-electron chi connectivity index (χ0n) is 12.6. The Morgan fingerprint density at radius 2 is 1.30 bits per heavy atom. The van der Waals surface area contributed by atoms with E-state index in [1.807, 2.05) is 54.6 Å². The molecular formula is C21H16N2. The Morgan fingerprint density at radius 1 is 0.652 bits per heavy atom. The second-order valence-electron chi connectivity index (χ2n) is 5.43. The molecule has 0 amide bonds. The van der Waals surface area contributed by atoms with Crippen LogP contribution >= 0.6 is 0 Å². The summed E-state index contributed by atoms with van der Waals surface area (Å²) in [6.07, 6.45) is 0. The van der Waals surface area contributed by atoms with E-state index < -0.39 is 0 Å². The fraction of sp³-hybridized carbons (Fsp3) is 0. The molecule has 0 saturated carbocycles. The summed E-state index contributed by atoms with van der Waals surface area (Å²) in [6.45, 7) is 0. The Hall–Kier alpha value is -3.13. The lowest BCUT2D eigenvalue weighted by Gasteiger charge is -2.13. The molecule has 3 aromatic carbocycles. The van der Waals surface area contributed by atoms with Crippen molar-refractivity contribution in [3.05, 3.63) is 91.0 Å². The third-order valence-corrected chi connectivity index (χ3v) is 3.85. The molecule has 2 heteroatoms. The summed E-state index contributed by atoms with van der Waals surface area (Å²) in [5.41, 5.74) is 4.29. The van der Waals surface area contributed by atoms with Crippen LogP contribution in [0.3, 0.4) is 0 Å². The van der Waals surface area contributed by atoms with Gasteiger partial charge in [0.05, 0.1) is 5.52 Å². The molecule has 0 unspecified atom stereocenters. The van der Waals surface area contributed by atoms with Crippen molar-refractivity contribution in [3.8, 4) is 11.1 Å². The fourth-order valence-corrected chi connectivity index (χ4v) is 2.71. The zero-order chi connectivity index (χ0) is 15.5. The smallest absolute Gasteiger partial charge is 0.138 e. The standard InChI is InChI=1S/C21H16N2/c1-3-9-16(10-4-1)19-15-17-11-7-8-14-20(17)23-21(19)22-18-12-5-2-6-13-18/h1-15H,(H,22,23). The second kappa shape index (κ2) is 5.93. The summed E-state index contributed by atoms with van der Waals surface area (Å²) >= 11 is 0. The number of nitrogens with one attached hydrogen (secondary N) is 1. The molecule has 0 fully saturated rings. The van der Waals surface area contributed by atoms with Crippen LogP contribution in [0, 0.1) is 0 Å². The molecule has 1 aromatic heterocycles. The van der Waals surface area contributed by atoms with Gasteiger partial charge in [-0.25, -0.2) is 4.98 Å². The highest BCUT2D eigenvalue weighted by atomic mass is 15.0. The van der Waals surface area contributed by atoms with Gasteiger partial charge in [0.2, 0.25) is 0 Å². The molecule has 1 heterocycles. The van der Waals surface area contributed by atoms with Gasteiger partial charge in [-0.15, -0.1) is 0 Å². The highest BCUT2D eigenvalue weighted by molar-refractivity contribution is 5.90. The lowest BCUT2D eigenvalue weighted by Crippen LogP contribution is -1.97. The molecule has 4 aromatic rings. The summed E-state index contributed by atoms with van der Waals surface area (Å²) in [7, 11) is 0. The van der Waals surface area contributed by atoms with Crippen molar-refractivity contribution in [1.29, 1.82) is 0 Å². The van der Waals surface area contributed by atoms with Gasteiger partial charge in [-0.05, 0) is 29.8 Å². The highest BCUT2D eigenvalue weighted by Crippen LogP contribution is 2.31. The largest absolute Gasteiger partial charge is 0.340 e. The van der Waals surface area contributed by atoms with Crippen LogP contribution in [0.4, 0.5) is 11.5 Å². The van der Waals surface area contributed by atoms with Crippen molar-refractivity contribution in [3.63, 3.8) is 0 Å². The minimum absolute atomic E-state index is 0.876. The van der Waals surface area contributed by atoms with Crippen LogP contribution in [0.15, 0.2) is 91.0 Å². The molecule has 0 saturated heterocycles. The van der Waals surface area contributed by atoms with E-state index in [2.05, 4.69) is 41.7 Å². The number of rotatable bonds is 3. The Morgan fingerprint density at radius 3 is 2.09 bits per heavy atom. The molecule has 0 aliphatic carbocycles. The number of hydrogen-bond acceptors (Lipinski definition) is 2. The molecule has 0 bridgehead atoms. The highest BCUT2D eigenvalue weighted by Gasteiger charge is 2.09. The molecular weight excluding hydrogens is 280 g/mol. The van der Waals surface area contributed by atoms with Crippen molar-refractivity contribution in [1.82, 2.24) is 4.98 Å². The molecule has 2 nitrogen and oxygen atoms in total. The first kappa shape index (κ1) is 13.5. The monoisotopic (exact) mass is 296 g/mol. The van der Waals surface area contributed by atoms with Crippen LogP contribution in [-0.4, -0.2) is 4.98 Å². The lowest BCUT2D eigenvalue weighted by molar-refractivity contribution is 1.37. The number of fused-ring (bicyclic) bond motifs is 1. The Bertz CT molecular complexity index is 931. The number of benzene rings is 3. The Kier molecular flexibility index (Phi) is 3.49. The quantitative estimate of drug-likeness (QED) is 0.528. The van der Waals surface area contributed by atoms with Crippen LogP contribution in [0.2, 0.25) is 0 Å². The van der Waals surface area contributed by atoms with E-state index in [1.165, 1.54) is 0 Å². The van der Waals surface area contributed by atoms with Crippen LogP contribution in [0.1, 0.15) is 0 Å². The summed E-state index contributed by atoms with van der Waals surface area (Å²) in [5, 5.41) is 4.60. The van der Waals surface area contributed by atoms with Crippen molar-refractivity contribution in [2.75, 3.05) is 5.32 Å². The van der Waals surface area contributed by atoms with E-state index in [1.54, 1.807) is 0 Å². The van der Waals surface area contributed by atoms with Gasteiger partial charge in [0.15, 0.2) is 0 Å².